The molecule has 0 saturated carbocycles. The van der Waals surface area contributed by atoms with Crippen LogP contribution in [0.1, 0.15) is 49.4 Å². The van der Waals surface area contributed by atoms with E-state index < -0.39 is 11.6 Å². The lowest BCUT2D eigenvalue weighted by molar-refractivity contribution is 0.0258. The third-order valence-corrected chi connectivity index (χ3v) is 3.34. The molecule has 1 amide bonds. The Morgan fingerprint density at radius 2 is 1.95 bits per heavy atom. The standard InChI is InChI=1S/C15H23N3O4/c1-5-21-13(19)12-10-6-8-18(9-7-11(10)16-17-12)14(20)22-15(2,3)4/h5-9H2,1-4H3,(H,16,17). The van der Waals surface area contributed by atoms with Crippen LogP contribution in [0.25, 0.3) is 0 Å². The largest absolute Gasteiger partial charge is 0.461 e. The molecule has 0 aromatic carbocycles. The van der Waals surface area contributed by atoms with Gasteiger partial charge in [-0.2, -0.15) is 5.10 Å². The molecule has 0 saturated heterocycles. The number of hydrogen-bond acceptors (Lipinski definition) is 5. The van der Waals surface area contributed by atoms with E-state index in [4.69, 9.17) is 9.47 Å². The number of esters is 1. The molecule has 0 atom stereocenters. The minimum atomic E-state index is -0.519. The van der Waals surface area contributed by atoms with Crippen molar-refractivity contribution in [1.82, 2.24) is 15.1 Å². The molecule has 1 aromatic heterocycles. The van der Waals surface area contributed by atoms with E-state index in [-0.39, 0.29) is 6.09 Å². The fraction of sp³-hybridized carbons (Fsp3) is 0.667. The van der Waals surface area contributed by atoms with Crippen LogP contribution in [0.3, 0.4) is 0 Å². The second kappa shape index (κ2) is 6.37. The number of carbonyl (C=O) groups excluding carboxylic acids is 2. The van der Waals surface area contributed by atoms with Crippen molar-refractivity contribution in [2.75, 3.05) is 19.7 Å². The zero-order valence-corrected chi connectivity index (χ0v) is 13.6. The average Bonchev–Trinajstić information content (AvgIpc) is 2.69. The van der Waals surface area contributed by atoms with Crippen LogP contribution < -0.4 is 0 Å². The number of hydrogen-bond donors (Lipinski definition) is 1. The molecular weight excluding hydrogens is 286 g/mol. The lowest BCUT2D eigenvalue weighted by Crippen LogP contribution is -2.38. The van der Waals surface area contributed by atoms with Gasteiger partial charge >= 0.3 is 12.1 Å². The second-order valence-corrected chi connectivity index (χ2v) is 6.22. The monoisotopic (exact) mass is 309 g/mol. The van der Waals surface area contributed by atoms with Gasteiger partial charge < -0.3 is 14.4 Å². The Kier molecular flexibility index (Phi) is 4.73. The molecule has 2 rings (SSSR count). The maximum absolute atomic E-state index is 12.1. The highest BCUT2D eigenvalue weighted by molar-refractivity contribution is 5.89. The number of aromatic amines is 1. The first-order valence-corrected chi connectivity index (χ1v) is 7.53. The maximum Gasteiger partial charge on any atom is 0.410 e. The topological polar surface area (TPSA) is 84.5 Å². The smallest absolute Gasteiger partial charge is 0.410 e. The minimum absolute atomic E-state index is 0.310. The molecule has 0 bridgehead atoms. The van der Waals surface area contributed by atoms with Gasteiger partial charge in [0.1, 0.15) is 5.60 Å². The first-order valence-electron chi connectivity index (χ1n) is 7.53. The molecule has 0 unspecified atom stereocenters. The fourth-order valence-electron chi connectivity index (χ4n) is 2.36. The molecule has 1 aliphatic rings. The van der Waals surface area contributed by atoms with E-state index in [1.165, 1.54) is 0 Å². The third-order valence-electron chi connectivity index (χ3n) is 3.34. The first-order chi connectivity index (χ1) is 10.3. The number of amides is 1. The Balaban J connectivity index is 2.08. The van der Waals surface area contributed by atoms with E-state index in [2.05, 4.69) is 10.2 Å². The van der Waals surface area contributed by atoms with Gasteiger partial charge in [-0.25, -0.2) is 9.59 Å². The van der Waals surface area contributed by atoms with Gasteiger partial charge in [-0.05, 0) is 34.1 Å². The number of rotatable bonds is 2. The number of nitrogens with zero attached hydrogens (tertiary/aromatic N) is 2. The summed E-state index contributed by atoms with van der Waals surface area (Å²) in [5, 5.41) is 6.94. The number of nitrogens with one attached hydrogen (secondary N) is 1. The first kappa shape index (κ1) is 16.3. The van der Waals surface area contributed by atoms with Crippen LogP contribution in [0.15, 0.2) is 0 Å². The molecule has 22 heavy (non-hydrogen) atoms. The van der Waals surface area contributed by atoms with Gasteiger partial charge in [0.2, 0.25) is 0 Å². The lowest BCUT2D eigenvalue weighted by atomic mass is 10.1. The zero-order chi connectivity index (χ0) is 16.3. The van der Waals surface area contributed by atoms with Gasteiger partial charge in [0.25, 0.3) is 0 Å². The quantitative estimate of drug-likeness (QED) is 0.844. The molecule has 0 fully saturated rings. The number of fused-ring (bicyclic) bond motifs is 1. The van der Waals surface area contributed by atoms with E-state index in [0.29, 0.717) is 38.2 Å². The van der Waals surface area contributed by atoms with E-state index >= 15 is 0 Å². The molecule has 1 aromatic rings. The van der Waals surface area contributed by atoms with Crippen LogP contribution >= 0.6 is 0 Å². The van der Waals surface area contributed by atoms with Gasteiger partial charge in [-0.15, -0.1) is 0 Å². The summed E-state index contributed by atoms with van der Waals surface area (Å²) in [7, 11) is 0. The van der Waals surface area contributed by atoms with Crippen molar-refractivity contribution < 1.29 is 19.1 Å². The third kappa shape index (κ3) is 3.78. The summed E-state index contributed by atoms with van der Waals surface area (Å²) in [6, 6.07) is 0. The molecule has 1 aliphatic heterocycles. The Labute approximate surface area is 130 Å². The highest BCUT2D eigenvalue weighted by Gasteiger charge is 2.28. The highest BCUT2D eigenvalue weighted by Crippen LogP contribution is 2.20. The maximum atomic E-state index is 12.1. The van der Waals surface area contributed by atoms with Crippen LogP contribution in [-0.2, 0) is 22.3 Å². The molecule has 0 aliphatic carbocycles. The Bertz CT molecular complexity index is 560. The van der Waals surface area contributed by atoms with E-state index in [1.54, 1.807) is 11.8 Å². The van der Waals surface area contributed by atoms with E-state index in [9.17, 15) is 9.59 Å². The summed E-state index contributed by atoms with van der Waals surface area (Å²) in [4.78, 5) is 25.7. The summed E-state index contributed by atoms with van der Waals surface area (Å²) in [5.74, 6) is -0.425. The number of H-pyrrole nitrogens is 1. The zero-order valence-electron chi connectivity index (χ0n) is 13.6. The van der Waals surface area contributed by atoms with Crippen molar-refractivity contribution in [1.29, 1.82) is 0 Å². The molecular formula is C15H23N3O4. The lowest BCUT2D eigenvalue weighted by Gasteiger charge is -2.26. The van der Waals surface area contributed by atoms with Crippen LogP contribution in [0.4, 0.5) is 4.79 Å². The van der Waals surface area contributed by atoms with Gasteiger partial charge in [0.15, 0.2) is 5.69 Å². The SMILES string of the molecule is CCOC(=O)c1n[nH]c2c1CCN(C(=O)OC(C)(C)C)CC2. The molecule has 0 radical (unpaired) electrons. The predicted molar refractivity (Wildman–Crippen MR) is 79.8 cm³/mol. The van der Waals surface area contributed by atoms with Crippen molar-refractivity contribution in [2.45, 2.75) is 46.1 Å². The Morgan fingerprint density at radius 3 is 2.59 bits per heavy atom. The van der Waals surface area contributed by atoms with Crippen LogP contribution in [0.5, 0.6) is 0 Å². The summed E-state index contributed by atoms with van der Waals surface area (Å²) < 4.78 is 10.4. The van der Waals surface area contributed by atoms with Gasteiger partial charge in [0, 0.05) is 30.8 Å². The van der Waals surface area contributed by atoms with Crippen LogP contribution in [0, 0.1) is 0 Å². The second-order valence-electron chi connectivity index (χ2n) is 6.22. The van der Waals surface area contributed by atoms with Crippen molar-refractivity contribution in [3.63, 3.8) is 0 Å². The van der Waals surface area contributed by atoms with Crippen LogP contribution in [0.2, 0.25) is 0 Å². The summed E-state index contributed by atoms with van der Waals surface area (Å²) >= 11 is 0. The normalized spacial score (nSPS) is 15.0. The molecule has 122 valence electrons. The average molecular weight is 309 g/mol. The number of aromatic nitrogens is 2. The Morgan fingerprint density at radius 1 is 1.27 bits per heavy atom. The van der Waals surface area contributed by atoms with Crippen molar-refractivity contribution >= 4 is 12.1 Å². The number of ether oxygens (including phenoxy) is 2. The van der Waals surface area contributed by atoms with Crippen molar-refractivity contribution in [2.24, 2.45) is 0 Å². The van der Waals surface area contributed by atoms with E-state index in [1.807, 2.05) is 20.8 Å². The molecule has 7 nitrogen and oxygen atoms in total. The molecule has 7 heteroatoms. The van der Waals surface area contributed by atoms with E-state index in [0.717, 1.165) is 11.3 Å². The number of carbonyl (C=O) groups is 2. The van der Waals surface area contributed by atoms with Gasteiger partial charge in [0.05, 0.1) is 6.61 Å². The molecule has 1 N–H and O–H groups in total. The van der Waals surface area contributed by atoms with Crippen molar-refractivity contribution in [3.05, 3.63) is 17.0 Å². The predicted octanol–water partition coefficient (Wildman–Crippen LogP) is 1.92. The van der Waals surface area contributed by atoms with Gasteiger partial charge in [-0.1, -0.05) is 0 Å². The highest BCUT2D eigenvalue weighted by atomic mass is 16.6. The van der Waals surface area contributed by atoms with Crippen LogP contribution in [-0.4, -0.2) is 52.5 Å². The van der Waals surface area contributed by atoms with Crippen molar-refractivity contribution in [3.8, 4) is 0 Å². The molecule has 0 spiro atoms. The summed E-state index contributed by atoms with van der Waals surface area (Å²) in [6.45, 7) is 8.62. The minimum Gasteiger partial charge on any atom is -0.461 e. The fourth-order valence-corrected chi connectivity index (χ4v) is 2.36. The summed E-state index contributed by atoms with van der Waals surface area (Å²) in [6.07, 6.45) is 0.837. The molecule has 2 heterocycles. The summed E-state index contributed by atoms with van der Waals surface area (Å²) in [5.41, 5.74) is 1.52. The van der Waals surface area contributed by atoms with Gasteiger partial charge in [-0.3, -0.25) is 5.10 Å². The Hall–Kier alpha value is -2.05.